The first-order valence-electron chi connectivity index (χ1n) is 6.37. The molecule has 20 heavy (non-hydrogen) atoms. The number of aliphatic carboxylic acids is 1. The van der Waals surface area contributed by atoms with Gasteiger partial charge in [-0.05, 0) is 37.0 Å². The summed E-state index contributed by atoms with van der Waals surface area (Å²) in [5, 5.41) is 11.2. The Morgan fingerprint density at radius 2 is 2.15 bits per heavy atom. The zero-order valence-corrected chi connectivity index (χ0v) is 11.7. The summed E-state index contributed by atoms with van der Waals surface area (Å²) in [6.07, 6.45) is 1.76. The molecular weight excluding hydrogens is 260 g/mol. The van der Waals surface area contributed by atoms with Crippen molar-refractivity contribution in [3.8, 4) is 5.75 Å². The number of ether oxygens (including phenoxy) is 1. The molecule has 0 aliphatic heterocycles. The fraction of sp³-hybridized carbons (Fsp3) is 0.429. The Morgan fingerprint density at radius 1 is 1.45 bits per heavy atom. The van der Waals surface area contributed by atoms with E-state index in [9.17, 15) is 9.59 Å². The molecule has 6 nitrogen and oxygen atoms in total. The van der Waals surface area contributed by atoms with E-state index in [1.165, 1.54) is 7.11 Å². The summed E-state index contributed by atoms with van der Waals surface area (Å²) in [6.45, 7) is 0. The normalized spacial score (nSPS) is 11.8. The highest BCUT2D eigenvalue weighted by Gasteiger charge is 2.13. The number of rotatable bonds is 7. The van der Waals surface area contributed by atoms with Crippen molar-refractivity contribution in [2.24, 2.45) is 5.73 Å². The summed E-state index contributed by atoms with van der Waals surface area (Å²) in [4.78, 5) is 22.2. The summed E-state index contributed by atoms with van der Waals surface area (Å²) in [7, 11) is 3.06. The highest BCUT2D eigenvalue weighted by atomic mass is 16.5. The van der Waals surface area contributed by atoms with Crippen molar-refractivity contribution in [3.05, 3.63) is 29.3 Å². The van der Waals surface area contributed by atoms with Crippen LogP contribution in [0.15, 0.2) is 18.2 Å². The van der Waals surface area contributed by atoms with Crippen molar-refractivity contribution < 1.29 is 19.4 Å². The van der Waals surface area contributed by atoms with Crippen LogP contribution in [0.3, 0.4) is 0 Å². The molecule has 0 bridgehead atoms. The molecule has 0 spiro atoms. The fourth-order valence-electron chi connectivity index (χ4n) is 1.86. The number of nitrogens with two attached hydrogens (primary N) is 1. The lowest BCUT2D eigenvalue weighted by Crippen LogP contribution is -2.29. The van der Waals surface area contributed by atoms with Gasteiger partial charge < -0.3 is 20.9 Å². The van der Waals surface area contributed by atoms with Gasteiger partial charge in [0, 0.05) is 7.05 Å². The Labute approximate surface area is 117 Å². The van der Waals surface area contributed by atoms with E-state index in [0.717, 1.165) is 5.56 Å². The standard InChI is InChI=1S/C14H20N2O4/c1-16-13(17)10-7-6-9(8-12(10)20-2)4-3-5-11(15)14(18)19/h6-8,11H,3-5,15H2,1-2H3,(H,16,17)(H,18,19)/t11-/m0/s1. The average molecular weight is 280 g/mol. The molecule has 110 valence electrons. The first kappa shape index (κ1) is 16.0. The monoisotopic (exact) mass is 280 g/mol. The van der Waals surface area contributed by atoms with Crippen molar-refractivity contribution >= 4 is 11.9 Å². The van der Waals surface area contributed by atoms with E-state index in [-0.39, 0.29) is 5.91 Å². The van der Waals surface area contributed by atoms with Gasteiger partial charge >= 0.3 is 5.97 Å². The van der Waals surface area contributed by atoms with Gasteiger partial charge in [0.05, 0.1) is 12.7 Å². The van der Waals surface area contributed by atoms with E-state index < -0.39 is 12.0 Å². The number of carboxylic acid groups (broad SMARTS) is 1. The van der Waals surface area contributed by atoms with Gasteiger partial charge in [-0.1, -0.05) is 6.07 Å². The molecule has 0 saturated heterocycles. The van der Waals surface area contributed by atoms with Gasteiger partial charge in [-0.15, -0.1) is 0 Å². The summed E-state index contributed by atoms with van der Waals surface area (Å²) in [5.41, 5.74) is 6.89. The molecule has 1 aromatic carbocycles. The van der Waals surface area contributed by atoms with Crippen molar-refractivity contribution in [1.82, 2.24) is 5.32 Å². The van der Waals surface area contributed by atoms with E-state index in [2.05, 4.69) is 5.32 Å². The quantitative estimate of drug-likeness (QED) is 0.685. The Kier molecular flexibility index (Phi) is 5.99. The largest absolute Gasteiger partial charge is 0.496 e. The maximum atomic E-state index is 11.6. The molecular formula is C14H20N2O4. The zero-order valence-electron chi connectivity index (χ0n) is 11.7. The van der Waals surface area contributed by atoms with Gasteiger partial charge in [-0.2, -0.15) is 0 Å². The van der Waals surface area contributed by atoms with Crippen molar-refractivity contribution in [2.45, 2.75) is 25.3 Å². The minimum atomic E-state index is -0.988. The number of hydrogen-bond donors (Lipinski definition) is 3. The number of benzene rings is 1. The van der Waals surface area contributed by atoms with Gasteiger partial charge in [-0.3, -0.25) is 9.59 Å². The van der Waals surface area contributed by atoms with Crippen molar-refractivity contribution in [2.75, 3.05) is 14.2 Å². The molecule has 0 unspecified atom stereocenters. The number of methoxy groups -OCH3 is 1. The zero-order chi connectivity index (χ0) is 15.1. The number of nitrogens with one attached hydrogen (secondary N) is 1. The minimum Gasteiger partial charge on any atom is -0.496 e. The van der Waals surface area contributed by atoms with E-state index >= 15 is 0 Å². The smallest absolute Gasteiger partial charge is 0.320 e. The third-order valence-electron chi connectivity index (χ3n) is 3.04. The van der Waals surface area contributed by atoms with Crippen LogP contribution in [-0.4, -0.2) is 37.2 Å². The molecule has 1 rings (SSSR count). The second-order valence-corrected chi connectivity index (χ2v) is 4.45. The SMILES string of the molecule is CNC(=O)c1ccc(CCC[C@H](N)C(=O)O)cc1OC. The fourth-order valence-corrected chi connectivity index (χ4v) is 1.86. The molecule has 0 aliphatic rings. The summed E-state index contributed by atoms with van der Waals surface area (Å²) in [5.74, 6) is -0.691. The molecule has 1 amide bonds. The average Bonchev–Trinajstić information content (AvgIpc) is 2.45. The minimum absolute atomic E-state index is 0.207. The maximum Gasteiger partial charge on any atom is 0.320 e. The summed E-state index contributed by atoms with van der Waals surface area (Å²) < 4.78 is 5.19. The predicted octanol–water partition coefficient (Wildman–Crippen LogP) is 0.789. The molecule has 4 N–H and O–H groups in total. The Hall–Kier alpha value is -2.08. The maximum absolute atomic E-state index is 11.6. The topological polar surface area (TPSA) is 102 Å². The van der Waals surface area contributed by atoms with E-state index in [0.29, 0.717) is 30.6 Å². The first-order chi connectivity index (χ1) is 9.49. The van der Waals surface area contributed by atoms with E-state index in [1.54, 1.807) is 19.2 Å². The van der Waals surface area contributed by atoms with E-state index in [1.807, 2.05) is 6.07 Å². The molecule has 0 fully saturated rings. The van der Waals surface area contributed by atoms with Crippen molar-refractivity contribution in [1.29, 1.82) is 0 Å². The highest BCUT2D eigenvalue weighted by molar-refractivity contribution is 5.96. The van der Waals surface area contributed by atoms with Crippen molar-refractivity contribution in [3.63, 3.8) is 0 Å². The molecule has 1 atom stereocenters. The van der Waals surface area contributed by atoms with Crippen LogP contribution in [0.4, 0.5) is 0 Å². The van der Waals surface area contributed by atoms with Crippen LogP contribution in [0.2, 0.25) is 0 Å². The summed E-state index contributed by atoms with van der Waals surface area (Å²) in [6, 6.07) is 4.49. The molecule has 0 aromatic heterocycles. The first-order valence-corrected chi connectivity index (χ1v) is 6.37. The van der Waals surface area contributed by atoms with Gasteiger partial charge in [-0.25, -0.2) is 0 Å². The second kappa shape index (κ2) is 7.49. The number of carbonyl (C=O) groups excluding carboxylic acids is 1. The third kappa shape index (κ3) is 4.24. The van der Waals surface area contributed by atoms with Crippen LogP contribution in [0.5, 0.6) is 5.75 Å². The number of carbonyl (C=O) groups is 2. The Balaban J connectivity index is 2.69. The Morgan fingerprint density at radius 3 is 2.70 bits per heavy atom. The number of amides is 1. The van der Waals surface area contributed by atoms with Gasteiger partial charge in [0.1, 0.15) is 11.8 Å². The lowest BCUT2D eigenvalue weighted by molar-refractivity contribution is -0.138. The number of carboxylic acids is 1. The van der Waals surface area contributed by atoms with Crippen LogP contribution < -0.4 is 15.8 Å². The highest BCUT2D eigenvalue weighted by Crippen LogP contribution is 2.21. The van der Waals surface area contributed by atoms with Gasteiger partial charge in [0.2, 0.25) is 0 Å². The second-order valence-electron chi connectivity index (χ2n) is 4.45. The molecule has 1 aromatic rings. The number of aryl methyl sites for hydroxylation is 1. The van der Waals surface area contributed by atoms with Crippen LogP contribution in [-0.2, 0) is 11.2 Å². The number of hydrogen-bond acceptors (Lipinski definition) is 4. The lowest BCUT2D eigenvalue weighted by Gasteiger charge is -2.10. The molecule has 0 radical (unpaired) electrons. The molecule has 6 heteroatoms. The third-order valence-corrected chi connectivity index (χ3v) is 3.04. The van der Waals surface area contributed by atoms with Gasteiger partial charge in [0.15, 0.2) is 0 Å². The van der Waals surface area contributed by atoms with Crippen LogP contribution in [0, 0.1) is 0 Å². The predicted molar refractivity (Wildman–Crippen MR) is 74.9 cm³/mol. The molecule has 0 heterocycles. The van der Waals surface area contributed by atoms with E-state index in [4.69, 9.17) is 15.6 Å². The van der Waals surface area contributed by atoms with Gasteiger partial charge in [0.25, 0.3) is 5.91 Å². The van der Waals surface area contributed by atoms with Crippen LogP contribution in [0.25, 0.3) is 0 Å². The molecule has 0 saturated carbocycles. The lowest BCUT2D eigenvalue weighted by atomic mass is 10.0. The summed E-state index contributed by atoms with van der Waals surface area (Å²) >= 11 is 0. The van der Waals surface area contributed by atoms with Crippen LogP contribution >= 0.6 is 0 Å². The Bertz CT molecular complexity index is 488. The molecule has 0 aliphatic carbocycles. The van der Waals surface area contributed by atoms with Crippen LogP contribution in [0.1, 0.15) is 28.8 Å².